The first-order valence-electron chi connectivity index (χ1n) is 12.1. The summed E-state index contributed by atoms with van der Waals surface area (Å²) in [5, 5.41) is 0.560. The van der Waals surface area contributed by atoms with Gasteiger partial charge in [-0.3, -0.25) is 9.59 Å². The van der Waals surface area contributed by atoms with Crippen molar-refractivity contribution in [3.63, 3.8) is 0 Å². The molecule has 0 unspecified atom stereocenters. The Morgan fingerprint density at radius 3 is 2.15 bits per heavy atom. The first-order valence-corrected chi connectivity index (χ1v) is 13.0. The van der Waals surface area contributed by atoms with Crippen LogP contribution in [0.15, 0.2) is 29.3 Å². The topological polar surface area (TPSA) is 72.8 Å². The van der Waals surface area contributed by atoms with E-state index in [2.05, 4.69) is 4.99 Å². The predicted molar refractivity (Wildman–Crippen MR) is 131 cm³/mol. The van der Waals surface area contributed by atoms with Gasteiger partial charge in [-0.05, 0) is 38.2 Å². The number of aryl methyl sites for hydroxylation is 1. The summed E-state index contributed by atoms with van der Waals surface area (Å²) in [4.78, 5) is 44.3. The third-order valence-electron chi connectivity index (χ3n) is 6.50. The second kappa shape index (κ2) is 11.0. The van der Waals surface area contributed by atoms with Gasteiger partial charge in [-0.2, -0.15) is 0 Å². The molecule has 5 nitrogen and oxygen atoms in total. The molecule has 0 fully saturated rings. The minimum atomic E-state index is -0.930. The number of ketones is 2. The van der Waals surface area contributed by atoms with Crippen molar-refractivity contribution < 1.29 is 19.1 Å². The fourth-order valence-corrected chi connectivity index (χ4v) is 5.99. The molecule has 2 aromatic rings. The number of benzene rings is 1. The second-order valence-electron chi connectivity index (χ2n) is 8.76. The van der Waals surface area contributed by atoms with Gasteiger partial charge in [-0.15, -0.1) is 11.3 Å². The van der Waals surface area contributed by atoms with Crippen LogP contribution in [0.2, 0.25) is 0 Å². The smallest absolute Gasteiger partial charge is 0.341 e. The highest BCUT2D eigenvalue weighted by atomic mass is 32.1. The molecule has 2 aliphatic carbocycles. The summed E-state index contributed by atoms with van der Waals surface area (Å²) >= 11 is 1.52. The van der Waals surface area contributed by atoms with Gasteiger partial charge in [0.15, 0.2) is 11.6 Å². The molecule has 0 spiro atoms. The highest BCUT2D eigenvalue weighted by Crippen LogP contribution is 2.39. The van der Waals surface area contributed by atoms with Crippen molar-refractivity contribution in [1.29, 1.82) is 0 Å². The van der Waals surface area contributed by atoms with E-state index in [0.29, 0.717) is 28.3 Å². The molecule has 6 heteroatoms. The van der Waals surface area contributed by atoms with Crippen molar-refractivity contribution in [2.75, 3.05) is 6.61 Å². The number of rotatable bonds is 4. The van der Waals surface area contributed by atoms with Crippen LogP contribution >= 0.6 is 11.3 Å². The van der Waals surface area contributed by atoms with Crippen molar-refractivity contribution in [2.45, 2.75) is 71.1 Å². The van der Waals surface area contributed by atoms with Crippen LogP contribution in [-0.2, 0) is 17.6 Å². The normalized spacial score (nSPS) is 18.0. The van der Waals surface area contributed by atoms with Crippen LogP contribution in [-0.4, -0.2) is 30.4 Å². The minimum Gasteiger partial charge on any atom is -0.462 e. The fourth-order valence-electron chi connectivity index (χ4n) is 4.76. The molecule has 0 bridgehead atoms. The number of carbonyl (C=O) groups excluding carboxylic acids is 3. The Bertz CT molecular complexity index is 1030. The average Bonchev–Trinajstić information content (AvgIpc) is 3.27. The van der Waals surface area contributed by atoms with E-state index < -0.39 is 5.92 Å². The van der Waals surface area contributed by atoms with Gasteiger partial charge in [0.1, 0.15) is 10.9 Å². The molecule has 1 aromatic carbocycles. The fraction of sp³-hybridized carbons (Fsp3) is 0.481. The maximum Gasteiger partial charge on any atom is 0.341 e. The van der Waals surface area contributed by atoms with Gasteiger partial charge in [0.2, 0.25) is 0 Å². The molecule has 33 heavy (non-hydrogen) atoms. The molecular formula is C27H31NO4S. The Morgan fingerprint density at radius 1 is 0.970 bits per heavy atom. The molecule has 0 amide bonds. The van der Waals surface area contributed by atoms with Crippen LogP contribution in [0.5, 0.6) is 0 Å². The number of aliphatic imine (C=N–C) groups is 1. The van der Waals surface area contributed by atoms with E-state index >= 15 is 0 Å². The summed E-state index contributed by atoms with van der Waals surface area (Å²) in [5.41, 5.74) is 2.48. The van der Waals surface area contributed by atoms with Crippen LogP contribution in [0.25, 0.3) is 0 Å². The summed E-state index contributed by atoms with van der Waals surface area (Å²) in [6.07, 6.45) is 12.7. The molecule has 0 radical (unpaired) electrons. The number of hydrogen-bond donors (Lipinski definition) is 0. The number of fused-ring (bicyclic) bond motifs is 2. The largest absolute Gasteiger partial charge is 0.462 e. The highest BCUT2D eigenvalue weighted by Gasteiger charge is 2.37. The zero-order valence-electron chi connectivity index (χ0n) is 19.2. The van der Waals surface area contributed by atoms with Gasteiger partial charge in [0.25, 0.3) is 0 Å². The zero-order chi connectivity index (χ0) is 23.2. The van der Waals surface area contributed by atoms with Crippen molar-refractivity contribution in [3.8, 4) is 0 Å². The number of Topliss-reactive ketones (excluding diaryl/α,β-unsaturated/α-hetero) is 2. The third-order valence-corrected chi connectivity index (χ3v) is 7.70. The Hall–Kier alpha value is -2.60. The number of esters is 1. The van der Waals surface area contributed by atoms with Gasteiger partial charge in [0, 0.05) is 22.2 Å². The van der Waals surface area contributed by atoms with E-state index in [4.69, 9.17) is 4.74 Å². The molecule has 0 aliphatic heterocycles. The number of thiophene rings is 1. The maximum atomic E-state index is 13.0. The van der Waals surface area contributed by atoms with Crippen LogP contribution in [0.4, 0.5) is 5.00 Å². The molecule has 0 saturated heterocycles. The van der Waals surface area contributed by atoms with Crippen LogP contribution in [0, 0.1) is 5.92 Å². The molecule has 0 saturated carbocycles. The third kappa shape index (κ3) is 5.16. The summed E-state index contributed by atoms with van der Waals surface area (Å²) in [5.74, 6) is -1.75. The Balaban J connectivity index is 1.67. The first kappa shape index (κ1) is 23.6. The number of nitrogens with zero attached hydrogens (tertiary/aromatic N) is 1. The molecule has 1 aromatic heterocycles. The van der Waals surface area contributed by atoms with Gasteiger partial charge in [-0.25, -0.2) is 9.79 Å². The van der Waals surface area contributed by atoms with Crippen LogP contribution in [0.3, 0.4) is 0 Å². The predicted octanol–water partition coefficient (Wildman–Crippen LogP) is 6.54. The standard InChI is InChI=1S/C27H31NO4S/c1-2-32-27(31)23-20-15-9-7-5-3-4-6-8-10-16-22(20)33-26(23)28-17-21-24(29)18-13-11-12-14-19(18)25(21)30/h11-14,17,21H,2-10,15-16H2,1H3. The number of carbonyl (C=O) groups is 3. The molecular weight excluding hydrogens is 434 g/mol. The van der Waals surface area contributed by atoms with Gasteiger partial charge in [0.05, 0.1) is 12.2 Å². The monoisotopic (exact) mass is 465 g/mol. The van der Waals surface area contributed by atoms with E-state index in [9.17, 15) is 14.4 Å². The maximum absolute atomic E-state index is 13.0. The molecule has 4 rings (SSSR count). The van der Waals surface area contributed by atoms with Gasteiger partial charge < -0.3 is 4.74 Å². The minimum absolute atomic E-state index is 0.229. The van der Waals surface area contributed by atoms with Crippen LogP contribution < -0.4 is 0 Å². The van der Waals surface area contributed by atoms with Crippen molar-refractivity contribution in [3.05, 3.63) is 51.4 Å². The molecule has 0 N–H and O–H groups in total. The Kier molecular flexibility index (Phi) is 7.86. The Morgan fingerprint density at radius 2 is 1.55 bits per heavy atom. The zero-order valence-corrected chi connectivity index (χ0v) is 20.0. The number of hydrogen-bond acceptors (Lipinski definition) is 6. The molecule has 0 atom stereocenters. The SMILES string of the molecule is CCOC(=O)c1c(N=CC2C(=O)c3ccccc3C2=O)sc2c1CCCCCCCCCC2. The Labute approximate surface area is 199 Å². The quantitative estimate of drug-likeness (QED) is 0.292. The second-order valence-corrected chi connectivity index (χ2v) is 9.85. The van der Waals surface area contributed by atoms with E-state index in [1.807, 2.05) is 0 Å². The van der Waals surface area contributed by atoms with E-state index in [0.717, 1.165) is 37.7 Å². The number of ether oxygens (including phenoxy) is 1. The van der Waals surface area contributed by atoms with Crippen molar-refractivity contribution in [2.24, 2.45) is 10.9 Å². The molecule has 174 valence electrons. The molecule has 2 aliphatic rings. The van der Waals surface area contributed by atoms with Gasteiger partial charge >= 0.3 is 5.97 Å². The lowest BCUT2D eigenvalue weighted by Crippen LogP contribution is -2.16. The van der Waals surface area contributed by atoms with Crippen molar-refractivity contribution in [1.82, 2.24) is 0 Å². The summed E-state index contributed by atoms with van der Waals surface area (Å²) in [6, 6.07) is 6.89. The lowest BCUT2D eigenvalue weighted by atomic mass is 9.97. The molecule has 1 heterocycles. The summed E-state index contributed by atoms with van der Waals surface area (Å²) in [7, 11) is 0. The summed E-state index contributed by atoms with van der Waals surface area (Å²) < 4.78 is 5.39. The van der Waals surface area contributed by atoms with Crippen LogP contribution in [0.1, 0.15) is 99.8 Å². The van der Waals surface area contributed by atoms with E-state index in [-0.39, 0.29) is 17.5 Å². The van der Waals surface area contributed by atoms with E-state index in [1.54, 1.807) is 31.2 Å². The lowest BCUT2D eigenvalue weighted by molar-refractivity contribution is 0.0526. The van der Waals surface area contributed by atoms with Gasteiger partial charge in [-0.1, -0.05) is 62.8 Å². The highest BCUT2D eigenvalue weighted by molar-refractivity contribution is 7.16. The first-order chi connectivity index (χ1) is 16.1. The lowest BCUT2D eigenvalue weighted by Gasteiger charge is -2.10. The average molecular weight is 466 g/mol. The van der Waals surface area contributed by atoms with E-state index in [1.165, 1.54) is 54.5 Å². The van der Waals surface area contributed by atoms with Crippen molar-refractivity contribution >= 4 is 40.1 Å². The summed E-state index contributed by atoms with van der Waals surface area (Å²) in [6.45, 7) is 2.09.